The zero-order valence-corrected chi connectivity index (χ0v) is 16.4. The van der Waals surface area contributed by atoms with Gasteiger partial charge < -0.3 is 10.6 Å². The average molecular weight is 399 g/mol. The van der Waals surface area contributed by atoms with Crippen LogP contribution in [0.15, 0.2) is 85.2 Å². The number of nitrogens with one attached hydrogen (secondary N) is 2. The fourth-order valence-electron chi connectivity index (χ4n) is 3.08. The first-order chi connectivity index (χ1) is 14.8. The summed E-state index contributed by atoms with van der Waals surface area (Å²) in [6.45, 7) is 1.16. The van der Waals surface area contributed by atoms with Gasteiger partial charge in [0.2, 0.25) is 5.95 Å². The van der Waals surface area contributed by atoms with Crippen LogP contribution in [0.5, 0.6) is 0 Å². The molecule has 0 aliphatic heterocycles. The highest BCUT2D eigenvalue weighted by Gasteiger charge is 2.08. The number of nitrogens with zero attached hydrogens (tertiary/aromatic N) is 3. The van der Waals surface area contributed by atoms with Gasteiger partial charge in [-0.15, -0.1) is 0 Å². The zero-order chi connectivity index (χ0) is 20.6. The summed E-state index contributed by atoms with van der Waals surface area (Å²) < 4.78 is 13.9. The number of anilines is 2. The summed E-state index contributed by atoms with van der Waals surface area (Å²) in [5, 5.41) is 6.58. The first-order valence-corrected chi connectivity index (χ1v) is 9.82. The van der Waals surface area contributed by atoms with Crippen LogP contribution in [-0.2, 0) is 13.0 Å². The molecule has 0 aliphatic carbocycles. The van der Waals surface area contributed by atoms with Crippen molar-refractivity contribution < 1.29 is 4.39 Å². The third kappa shape index (κ3) is 5.17. The minimum atomic E-state index is -0.196. The van der Waals surface area contributed by atoms with E-state index in [1.807, 2.05) is 54.6 Å². The molecule has 2 heterocycles. The van der Waals surface area contributed by atoms with Gasteiger partial charge in [0.25, 0.3) is 0 Å². The molecule has 0 spiro atoms. The van der Waals surface area contributed by atoms with Crippen molar-refractivity contribution in [3.63, 3.8) is 0 Å². The van der Waals surface area contributed by atoms with Crippen LogP contribution in [0.25, 0.3) is 11.3 Å². The molecule has 0 radical (unpaired) electrons. The molecule has 4 aromatic rings. The molecule has 2 aromatic carbocycles. The maximum atomic E-state index is 13.9. The molecule has 6 heteroatoms. The molecule has 150 valence electrons. The first kappa shape index (κ1) is 19.5. The topological polar surface area (TPSA) is 62.7 Å². The van der Waals surface area contributed by atoms with E-state index in [9.17, 15) is 4.39 Å². The fourth-order valence-corrected chi connectivity index (χ4v) is 3.08. The molecule has 2 N–H and O–H groups in total. The van der Waals surface area contributed by atoms with Crippen LogP contribution in [0, 0.1) is 5.82 Å². The summed E-state index contributed by atoms with van der Waals surface area (Å²) in [7, 11) is 0. The monoisotopic (exact) mass is 399 g/mol. The smallest absolute Gasteiger partial charge is 0.225 e. The van der Waals surface area contributed by atoms with E-state index in [0.29, 0.717) is 36.8 Å². The van der Waals surface area contributed by atoms with Gasteiger partial charge in [-0.05, 0) is 35.7 Å². The molecule has 0 unspecified atom stereocenters. The summed E-state index contributed by atoms with van der Waals surface area (Å²) in [5.41, 5.74) is 3.60. The van der Waals surface area contributed by atoms with Gasteiger partial charge in [-0.2, -0.15) is 4.98 Å². The van der Waals surface area contributed by atoms with Gasteiger partial charge in [-0.25, -0.2) is 9.37 Å². The van der Waals surface area contributed by atoms with E-state index in [1.165, 1.54) is 6.07 Å². The SMILES string of the molecule is Fc1ccccc1CCNc1nc(NCc2ccncc2)cc(-c2ccccc2)n1. The molecule has 5 nitrogen and oxygen atoms in total. The average Bonchev–Trinajstić information content (AvgIpc) is 2.80. The molecule has 0 saturated heterocycles. The zero-order valence-electron chi connectivity index (χ0n) is 16.4. The second-order valence-corrected chi connectivity index (χ2v) is 6.81. The third-order valence-electron chi connectivity index (χ3n) is 4.65. The van der Waals surface area contributed by atoms with Crippen LogP contribution in [0.2, 0.25) is 0 Å². The summed E-state index contributed by atoms with van der Waals surface area (Å²) >= 11 is 0. The highest BCUT2D eigenvalue weighted by molar-refractivity contribution is 5.64. The van der Waals surface area contributed by atoms with E-state index >= 15 is 0 Å². The highest BCUT2D eigenvalue weighted by atomic mass is 19.1. The molecule has 0 atom stereocenters. The number of rotatable bonds is 8. The quantitative estimate of drug-likeness (QED) is 0.439. The van der Waals surface area contributed by atoms with Gasteiger partial charge >= 0.3 is 0 Å². The van der Waals surface area contributed by atoms with Crippen molar-refractivity contribution in [3.05, 3.63) is 102 Å². The van der Waals surface area contributed by atoms with Crippen LogP contribution < -0.4 is 10.6 Å². The number of halogens is 1. The lowest BCUT2D eigenvalue weighted by molar-refractivity contribution is 0.610. The molecule has 2 aromatic heterocycles. The minimum Gasteiger partial charge on any atom is -0.366 e. The van der Waals surface area contributed by atoms with Gasteiger partial charge in [0, 0.05) is 37.1 Å². The van der Waals surface area contributed by atoms with Gasteiger partial charge in [0.1, 0.15) is 11.6 Å². The molecular formula is C24H22FN5. The standard InChI is InChI=1S/C24H22FN5/c25-21-9-5-4-6-19(21)12-15-27-24-29-22(20-7-2-1-3-8-20)16-23(30-24)28-17-18-10-13-26-14-11-18/h1-11,13-14,16H,12,15,17H2,(H2,27,28,29,30). The number of hydrogen-bond donors (Lipinski definition) is 2. The van der Waals surface area contributed by atoms with Gasteiger partial charge in [0.05, 0.1) is 5.69 Å². The molecule has 4 rings (SSSR count). The molecule has 0 fully saturated rings. The van der Waals surface area contributed by atoms with Crippen molar-refractivity contribution in [2.45, 2.75) is 13.0 Å². The first-order valence-electron chi connectivity index (χ1n) is 9.82. The Balaban J connectivity index is 1.51. The molecule has 0 bridgehead atoms. The van der Waals surface area contributed by atoms with E-state index in [1.54, 1.807) is 24.5 Å². The third-order valence-corrected chi connectivity index (χ3v) is 4.65. The van der Waals surface area contributed by atoms with Crippen LogP contribution in [0.1, 0.15) is 11.1 Å². The number of aromatic nitrogens is 3. The van der Waals surface area contributed by atoms with Gasteiger partial charge in [-0.3, -0.25) is 4.98 Å². The van der Waals surface area contributed by atoms with Crippen LogP contribution in [-0.4, -0.2) is 21.5 Å². The van der Waals surface area contributed by atoms with E-state index in [-0.39, 0.29) is 5.82 Å². The van der Waals surface area contributed by atoms with Crippen molar-refractivity contribution >= 4 is 11.8 Å². The second-order valence-electron chi connectivity index (χ2n) is 6.81. The lowest BCUT2D eigenvalue weighted by atomic mass is 10.1. The van der Waals surface area contributed by atoms with Crippen molar-refractivity contribution in [1.29, 1.82) is 0 Å². The number of benzene rings is 2. The lowest BCUT2D eigenvalue weighted by Gasteiger charge is -2.12. The number of pyridine rings is 1. The van der Waals surface area contributed by atoms with Crippen molar-refractivity contribution in [2.24, 2.45) is 0 Å². The Morgan fingerprint density at radius 1 is 0.800 bits per heavy atom. The fraction of sp³-hybridized carbons (Fsp3) is 0.125. The predicted octanol–water partition coefficient (Wildman–Crippen LogP) is 4.94. The summed E-state index contributed by atoms with van der Waals surface area (Å²) in [6.07, 6.45) is 4.08. The Morgan fingerprint density at radius 2 is 1.57 bits per heavy atom. The molecule has 0 aliphatic rings. The summed E-state index contributed by atoms with van der Waals surface area (Å²) in [6, 6.07) is 22.6. The van der Waals surface area contributed by atoms with Crippen LogP contribution in [0.3, 0.4) is 0 Å². The van der Waals surface area contributed by atoms with Crippen LogP contribution in [0.4, 0.5) is 16.2 Å². The van der Waals surface area contributed by atoms with Crippen LogP contribution >= 0.6 is 0 Å². The Kier molecular flexibility index (Phi) is 6.25. The van der Waals surface area contributed by atoms with E-state index in [2.05, 4.69) is 25.6 Å². The molecular weight excluding hydrogens is 377 g/mol. The predicted molar refractivity (Wildman–Crippen MR) is 118 cm³/mol. The highest BCUT2D eigenvalue weighted by Crippen LogP contribution is 2.22. The lowest BCUT2D eigenvalue weighted by Crippen LogP contribution is -2.11. The largest absolute Gasteiger partial charge is 0.366 e. The van der Waals surface area contributed by atoms with Crippen molar-refractivity contribution in [1.82, 2.24) is 15.0 Å². The Labute approximate surface area is 175 Å². The minimum absolute atomic E-state index is 0.196. The van der Waals surface area contributed by atoms with Crippen molar-refractivity contribution in [3.8, 4) is 11.3 Å². The molecule has 0 amide bonds. The number of hydrogen-bond acceptors (Lipinski definition) is 5. The molecule has 0 saturated carbocycles. The Morgan fingerprint density at radius 3 is 2.37 bits per heavy atom. The van der Waals surface area contributed by atoms with Gasteiger partial charge in [0.15, 0.2) is 0 Å². The summed E-state index contributed by atoms with van der Waals surface area (Å²) in [5.74, 6) is 1.02. The molecule has 30 heavy (non-hydrogen) atoms. The maximum absolute atomic E-state index is 13.9. The Hall–Kier alpha value is -3.80. The van der Waals surface area contributed by atoms with E-state index in [0.717, 1.165) is 16.8 Å². The van der Waals surface area contributed by atoms with Crippen molar-refractivity contribution in [2.75, 3.05) is 17.2 Å². The second kappa shape index (κ2) is 9.60. The van der Waals surface area contributed by atoms with E-state index < -0.39 is 0 Å². The van der Waals surface area contributed by atoms with Gasteiger partial charge in [-0.1, -0.05) is 48.5 Å². The van der Waals surface area contributed by atoms with E-state index in [4.69, 9.17) is 0 Å². The maximum Gasteiger partial charge on any atom is 0.225 e. The summed E-state index contributed by atoms with van der Waals surface area (Å²) in [4.78, 5) is 13.3. The normalized spacial score (nSPS) is 10.6. The Bertz CT molecular complexity index is 1090.